The number of ether oxygens (including phenoxy) is 1. The van der Waals surface area contributed by atoms with E-state index in [-0.39, 0.29) is 17.7 Å². The van der Waals surface area contributed by atoms with Gasteiger partial charge in [0.1, 0.15) is 5.60 Å². The second kappa shape index (κ2) is 7.64. The first-order valence-electron chi connectivity index (χ1n) is 8.40. The van der Waals surface area contributed by atoms with Gasteiger partial charge in [-0.1, -0.05) is 0 Å². The molecule has 0 aromatic carbocycles. The predicted molar refractivity (Wildman–Crippen MR) is 91.2 cm³/mol. The Morgan fingerprint density at radius 3 is 2.27 bits per heavy atom. The van der Waals surface area contributed by atoms with E-state index in [9.17, 15) is 4.79 Å². The molecule has 0 saturated heterocycles. The summed E-state index contributed by atoms with van der Waals surface area (Å²) in [5, 5.41) is 6.67. The molecule has 2 atom stereocenters. The molecule has 0 spiro atoms. The molecule has 5 nitrogen and oxygen atoms in total. The molecule has 22 heavy (non-hydrogen) atoms. The Morgan fingerprint density at radius 1 is 1.14 bits per heavy atom. The number of nitrogens with zero attached hydrogens (tertiary/aromatic N) is 1. The van der Waals surface area contributed by atoms with Crippen molar-refractivity contribution in [3.05, 3.63) is 0 Å². The third-order valence-corrected chi connectivity index (χ3v) is 4.43. The van der Waals surface area contributed by atoms with Crippen molar-refractivity contribution >= 4 is 6.09 Å². The maximum absolute atomic E-state index is 11.9. The van der Waals surface area contributed by atoms with Crippen LogP contribution in [0.3, 0.4) is 0 Å². The number of hydrogen-bond donors (Lipinski definition) is 2. The fourth-order valence-corrected chi connectivity index (χ4v) is 2.53. The van der Waals surface area contributed by atoms with Crippen molar-refractivity contribution in [2.45, 2.75) is 83.5 Å². The molecule has 1 fully saturated rings. The SMILES string of the molecule is CN(C)C(C)(C)CNC1CCCC(NC(=O)OC(C)(C)C)C1. The molecule has 2 unspecified atom stereocenters. The van der Waals surface area contributed by atoms with Gasteiger partial charge in [0.15, 0.2) is 0 Å². The lowest BCUT2D eigenvalue weighted by Crippen LogP contribution is -2.51. The summed E-state index contributed by atoms with van der Waals surface area (Å²) in [4.78, 5) is 14.1. The highest BCUT2D eigenvalue weighted by molar-refractivity contribution is 5.68. The van der Waals surface area contributed by atoms with E-state index in [2.05, 4.69) is 43.5 Å². The van der Waals surface area contributed by atoms with Crippen LogP contribution in [-0.2, 0) is 4.74 Å². The van der Waals surface area contributed by atoms with Crippen LogP contribution in [0.4, 0.5) is 4.79 Å². The minimum atomic E-state index is -0.438. The molecule has 5 heteroatoms. The lowest BCUT2D eigenvalue weighted by atomic mass is 9.90. The summed E-state index contributed by atoms with van der Waals surface area (Å²) in [5.74, 6) is 0. The van der Waals surface area contributed by atoms with Gasteiger partial charge in [-0.05, 0) is 74.4 Å². The number of alkyl carbamates (subject to hydrolysis) is 1. The van der Waals surface area contributed by atoms with E-state index in [1.807, 2.05) is 20.8 Å². The van der Waals surface area contributed by atoms with Gasteiger partial charge in [0.05, 0.1) is 0 Å². The maximum Gasteiger partial charge on any atom is 0.407 e. The second-order valence-electron chi connectivity index (χ2n) is 8.29. The second-order valence-corrected chi connectivity index (χ2v) is 8.29. The first-order valence-corrected chi connectivity index (χ1v) is 8.40. The normalized spacial score (nSPS) is 23.5. The van der Waals surface area contributed by atoms with Crippen molar-refractivity contribution in [3.8, 4) is 0 Å². The summed E-state index contributed by atoms with van der Waals surface area (Å²) >= 11 is 0. The number of likely N-dealkylation sites (N-methyl/N-ethyl adjacent to an activating group) is 1. The average Bonchev–Trinajstić information content (AvgIpc) is 2.34. The van der Waals surface area contributed by atoms with Crippen LogP contribution in [-0.4, -0.2) is 54.9 Å². The first kappa shape index (κ1) is 19.2. The fraction of sp³-hybridized carbons (Fsp3) is 0.941. The van der Waals surface area contributed by atoms with E-state index in [0.29, 0.717) is 6.04 Å². The Kier molecular flexibility index (Phi) is 6.68. The van der Waals surface area contributed by atoms with E-state index < -0.39 is 5.60 Å². The fourth-order valence-electron chi connectivity index (χ4n) is 2.53. The Morgan fingerprint density at radius 2 is 1.73 bits per heavy atom. The Bertz CT molecular complexity index is 361. The third-order valence-electron chi connectivity index (χ3n) is 4.43. The summed E-state index contributed by atoms with van der Waals surface area (Å²) in [6.45, 7) is 11.1. The van der Waals surface area contributed by atoms with Crippen LogP contribution in [0.15, 0.2) is 0 Å². The molecule has 1 saturated carbocycles. The van der Waals surface area contributed by atoms with Crippen LogP contribution < -0.4 is 10.6 Å². The van der Waals surface area contributed by atoms with Crippen molar-refractivity contribution in [1.82, 2.24) is 15.5 Å². The van der Waals surface area contributed by atoms with E-state index in [0.717, 1.165) is 25.8 Å². The molecule has 1 rings (SSSR count). The summed E-state index contributed by atoms with van der Waals surface area (Å²) in [6.07, 6.45) is 4.03. The van der Waals surface area contributed by atoms with Crippen molar-refractivity contribution in [3.63, 3.8) is 0 Å². The molecule has 0 aliphatic heterocycles. The van der Waals surface area contributed by atoms with Gasteiger partial charge in [-0.15, -0.1) is 0 Å². The molecule has 0 bridgehead atoms. The van der Waals surface area contributed by atoms with Crippen LogP contribution in [0.2, 0.25) is 0 Å². The first-order chi connectivity index (χ1) is 9.99. The maximum atomic E-state index is 11.9. The summed E-state index contributed by atoms with van der Waals surface area (Å²) < 4.78 is 5.34. The average molecular weight is 313 g/mol. The highest BCUT2D eigenvalue weighted by Crippen LogP contribution is 2.20. The highest BCUT2D eigenvalue weighted by Gasteiger charge is 2.27. The molecule has 2 N–H and O–H groups in total. The summed E-state index contributed by atoms with van der Waals surface area (Å²) in [6, 6.07) is 0.677. The van der Waals surface area contributed by atoms with Crippen molar-refractivity contribution in [1.29, 1.82) is 0 Å². The quantitative estimate of drug-likeness (QED) is 0.819. The molecule has 1 aliphatic carbocycles. The van der Waals surface area contributed by atoms with Gasteiger partial charge in [-0.2, -0.15) is 0 Å². The van der Waals surface area contributed by atoms with Crippen LogP contribution in [0, 0.1) is 0 Å². The summed E-state index contributed by atoms with van der Waals surface area (Å²) in [7, 11) is 4.21. The lowest BCUT2D eigenvalue weighted by Gasteiger charge is -2.37. The molecular formula is C17H35N3O2. The van der Waals surface area contributed by atoms with Gasteiger partial charge in [0.2, 0.25) is 0 Å². The molecular weight excluding hydrogens is 278 g/mol. The number of amides is 1. The predicted octanol–water partition coefficient (Wildman–Crippen LogP) is 2.75. The van der Waals surface area contributed by atoms with Crippen molar-refractivity contribution in [2.24, 2.45) is 0 Å². The Labute approximate surface area is 136 Å². The third kappa shape index (κ3) is 6.97. The molecule has 0 aromatic rings. The van der Waals surface area contributed by atoms with Gasteiger partial charge in [-0.25, -0.2) is 4.79 Å². The topological polar surface area (TPSA) is 53.6 Å². The zero-order chi connectivity index (χ0) is 17.0. The number of hydrogen-bond acceptors (Lipinski definition) is 4. The summed E-state index contributed by atoms with van der Waals surface area (Å²) in [5.41, 5.74) is -0.308. The van der Waals surface area contributed by atoms with E-state index in [1.165, 1.54) is 6.42 Å². The molecule has 130 valence electrons. The van der Waals surface area contributed by atoms with Crippen LogP contribution in [0.1, 0.15) is 60.3 Å². The zero-order valence-electron chi connectivity index (χ0n) is 15.5. The lowest BCUT2D eigenvalue weighted by molar-refractivity contribution is 0.0487. The molecule has 1 aliphatic rings. The number of rotatable bonds is 5. The van der Waals surface area contributed by atoms with E-state index >= 15 is 0 Å². The van der Waals surface area contributed by atoms with Gasteiger partial charge in [0, 0.05) is 24.2 Å². The molecule has 0 aromatic heterocycles. The monoisotopic (exact) mass is 313 g/mol. The molecule has 1 amide bonds. The van der Waals surface area contributed by atoms with Crippen LogP contribution in [0.5, 0.6) is 0 Å². The zero-order valence-corrected chi connectivity index (χ0v) is 15.5. The Hall–Kier alpha value is -0.810. The van der Waals surface area contributed by atoms with E-state index in [1.54, 1.807) is 0 Å². The minimum Gasteiger partial charge on any atom is -0.444 e. The smallest absolute Gasteiger partial charge is 0.407 e. The Balaban J connectivity index is 2.40. The van der Waals surface area contributed by atoms with Crippen molar-refractivity contribution < 1.29 is 9.53 Å². The molecule has 0 heterocycles. The number of nitrogens with one attached hydrogen (secondary N) is 2. The van der Waals surface area contributed by atoms with Gasteiger partial charge >= 0.3 is 6.09 Å². The van der Waals surface area contributed by atoms with E-state index in [4.69, 9.17) is 4.74 Å². The van der Waals surface area contributed by atoms with Gasteiger partial charge < -0.3 is 20.3 Å². The number of carbonyl (C=O) groups is 1. The van der Waals surface area contributed by atoms with Crippen LogP contribution in [0.25, 0.3) is 0 Å². The highest BCUT2D eigenvalue weighted by atomic mass is 16.6. The minimum absolute atomic E-state index is 0.130. The van der Waals surface area contributed by atoms with Gasteiger partial charge in [-0.3, -0.25) is 0 Å². The number of carbonyl (C=O) groups excluding carboxylic acids is 1. The molecule has 0 radical (unpaired) electrons. The standard InChI is InChI=1S/C17H35N3O2/c1-16(2,3)22-15(21)19-14-10-8-9-13(11-14)18-12-17(4,5)20(6)7/h13-14,18H,8-12H2,1-7H3,(H,19,21). The van der Waals surface area contributed by atoms with Gasteiger partial charge in [0.25, 0.3) is 0 Å². The van der Waals surface area contributed by atoms with Crippen LogP contribution >= 0.6 is 0 Å². The van der Waals surface area contributed by atoms with Crippen molar-refractivity contribution in [2.75, 3.05) is 20.6 Å². The largest absolute Gasteiger partial charge is 0.444 e.